The minimum Gasteiger partial charge on any atom is -0.393 e. The molecule has 0 radical (unpaired) electrons. The molecule has 0 spiro atoms. The number of hydrogen-bond donors (Lipinski definition) is 2. The molecule has 4 saturated carbocycles. The molecular weight excluding hydrogens is 368 g/mol. The van der Waals surface area contributed by atoms with Crippen LogP contribution in [0.25, 0.3) is 0 Å². The van der Waals surface area contributed by atoms with E-state index in [1.807, 2.05) is 6.92 Å². The fraction of sp³-hybridized carbons (Fsp3) is 0.958. The highest BCUT2D eigenvalue weighted by Crippen LogP contribution is 2.70. The van der Waals surface area contributed by atoms with E-state index in [9.17, 15) is 15.0 Å². The van der Waals surface area contributed by atoms with Crippen molar-refractivity contribution in [3.8, 4) is 0 Å². The molecule has 164 valence electrons. The molecule has 1 heterocycles. The molecular formula is C24H38O5. The summed E-state index contributed by atoms with van der Waals surface area (Å²) >= 11 is 0. The van der Waals surface area contributed by atoms with Gasteiger partial charge in [0.2, 0.25) is 0 Å². The molecule has 1 saturated heterocycles. The van der Waals surface area contributed by atoms with Crippen LogP contribution in [0.1, 0.15) is 72.6 Å². The number of aliphatic hydroxyl groups excluding tert-OH is 1. The largest absolute Gasteiger partial charge is 0.393 e. The smallest absolute Gasteiger partial charge is 0.195 e. The van der Waals surface area contributed by atoms with E-state index >= 15 is 0 Å². The third kappa shape index (κ3) is 2.39. The lowest BCUT2D eigenvalue weighted by Crippen LogP contribution is -2.67. The number of fused-ring (bicyclic) bond motifs is 5. The van der Waals surface area contributed by atoms with Crippen LogP contribution in [0.2, 0.25) is 0 Å². The molecule has 5 nitrogen and oxygen atoms in total. The number of aliphatic hydroxyl groups is 2. The molecule has 29 heavy (non-hydrogen) atoms. The van der Waals surface area contributed by atoms with Crippen LogP contribution >= 0.6 is 0 Å². The fourth-order valence-corrected chi connectivity index (χ4v) is 9.09. The summed E-state index contributed by atoms with van der Waals surface area (Å²) in [5, 5.41) is 22.4. The van der Waals surface area contributed by atoms with Crippen molar-refractivity contribution in [1.82, 2.24) is 0 Å². The van der Waals surface area contributed by atoms with E-state index in [-0.39, 0.29) is 23.4 Å². The van der Waals surface area contributed by atoms with Crippen molar-refractivity contribution in [2.24, 2.45) is 40.4 Å². The van der Waals surface area contributed by atoms with Gasteiger partial charge in [0.15, 0.2) is 5.79 Å². The average molecular weight is 407 g/mol. The van der Waals surface area contributed by atoms with Gasteiger partial charge in [0, 0.05) is 17.8 Å². The summed E-state index contributed by atoms with van der Waals surface area (Å²) in [6, 6.07) is 0. The van der Waals surface area contributed by atoms with Gasteiger partial charge in [-0.15, -0.1) is 0 Å². The van der Waals surface area contributed by atoms with Crippen LogP contribution in [0.5, 0.6) is 0 Å². The van der Waals surface area contributed by atoms with E-state index in [0.717, 1.165) is 38.5 Å². The van der Waals surface area contributed by atoms with Crippen molar-refractivity contribution in [1.29, 1.82) is 0 Å². The van der Waals surface area contributed by atoms with Crippen LogP contribution in [-0.2, 0) is 14.3 Å². The van der Waals surface area contributed by atoms with Gasteiger partial charge in [-0.1, -0.05) is 20.8 Å². The second-order valence-electron chi connectivity index (χ2n) is 11.6. The minimum atomic E-state index is -1.16. The summed E-state index contributed by atoms with van der Waals surface area (Å²) in [5.74, 6) is 0.437. The van der Waals surface area contributed by atoms with Gasteiger partial charge in [-0.2, -0.15) is 0 Å². The lowest BCUT2D eigenvalue weighted by molar-refractivity contribution is -0.308. The molecule has 0 aromatic carbocycles. The number of carbonyl (C=O) groups excluding carboxylic acids is 1. The molecule has 2 N–H and O–H groups in total. The first kappa shape index (κ1) is 20.4. The van der Waals surface area contributed by atoms with E-state index in [0.29, 0.717) is 43.2 Å². The quantitative estimate of drug-likeness (QED) is 0.699. The first-order chi connectivity index (χ1) is 13.6. The second-order valence-corrected chi connectivity index (χ2v) is 11.6. The molecule has 0 aromatic rings. The molecule has 1 aliphatic heterocycles. The van der Waals surface area contributed by atoms with Crippen LogP contribution in [0.4, 0.5) is 0 Å². The molecule has 0 aromatic heterocycles. The zero-order valence-electron chi connectivity index (χ0n) is 18.4. The topological polar surface area (TPSA) is 76.0 Å². The van der Waals surface area contributed by atoms with Gasteiger partial charge in [-0.25, -0.2) is 0 Å². The molecule has 5 rings (SSSR count). The van der Waals surface area contributed by atoms with Gasteiger partial charge in [0.1, 0.15) is 11.4 Å². The Hall–Kier alpha value is -0.490. The lowest BCUT2D eigenvalue weighted by Gasteiger charge is -2.61. The van der Waals surface area contributed by atoms with Crippen LogP contribution in [0.3, 0.4) is 0 Å². The molecule has 5 fully saturated rings. The molecule has 5 aliphatic rings. The molecule has 0 bridgehead atoms. The maximum atomic E-state index is 13.8. The SMILES string of the molecule is C[C@H]1C[C@H]2[C@@H]3CC[C@@H]4C[C@H](O)CC[C@]4(C)[C@H]3C(=O)C[C@]2(C)[C@@]1(O)C1(C)OCCO1. The number of carbonyl (C=O) groups is 1. The maximum absolute atomic E-state index is 13.8. The van der Waals surface area contributed by atoms with Gasteiger partial charge >= 0.3 is 0 Å². The van der Waals surface area contributed by atoms with Crippen molar-refractivity contribution in [3.05, 3.63) is 0 Å². The van der Waals surface area contributed by atoms with E-state index in [1.165, 1.54) is 0 Å². The Balaban J connectivity index is 1.54. The van der Waals surface area contributed by atoms with Crippen molar-refractivity contribution >= 4 is 5.78 Å². The maximum Gasteiger partial charge on any atom is 0.195 e. The van der Waals surface area contributed by atoms with Gasteiger partial charge < -0.3 is 19.7 Å². The Labute approximate surface area is 174 Å². The first-order valence-electron chi connectivity index (χ1n) is 11.8. The molecule has 5 heteroatoms. The predicted octanol–water partition coefficient (Wildman–Crippen LogP) is 3.31. The summed E-state index contributed by atoms with van der Waals surface area (Å²) in [4.78, 5) is 13.8. The monoisotopic (exact) mass is 406 g/mol. The minimum absolute atomic E-state index is 0.00519. The summed E-state index contributed by atoms with van der Waals surface area (Å²) in [7, 11) is 0. The third-order valence-electron chi connectivity index (χ3n) is 10.4. The highest BCUT2D eigenvalue weighted by Gasteiger charge is 2.74. The van der Waals surface area contributed by atoms with Gasteiger partial charge in [-0.05, 0) is 74.5 Å². The van der Waals surface area contributed by atoms with Gasteiger partial charge in [-0.3, -0.25) is 4.79 Å². The fourth-order valence-electron chi connectivity index (χ4n) is 9.09. The molecule has 9 atom stereocenters. The third-order valence-corrected chi connectivity index (χ3v) is 10.4. The van der Waals surface area contributed by atoms with Crippen LogP contribution < -0.4 is 0 Å². The number of Topliss-reactive ketones (excluding diaryl/α,β-unsaturated/α-hetero) is 1. The molecule has 0 amide bonds. The zero-order chi connectivity index (χ0) is 20.8. The zero-order valence-corrected chi connectivity index (χ0v) is 18.4. The summed E-state index contributed by atoms with van der Waals surface area (Å²) in [6.45, 7) is 9.43. The van der Waals surface area contributed by atoms with Crippen LogP contribution in [0.15, 0.2) is 0 Å². The van der Waals surface area contributed by atoms with Crippen LogP contribution in [-0.4, -0.2) is 46.7 Å². The first-order valence-corrected chi connectivity index (χ1v) is 11.8. The summed E-state index contributed by atoms with van der Waals surface area (Å²) in [5.41, 5.74) is -1.70. The standard InChI is InChI=1S/C24H38O5/c1-14-11-18-17-6-5-15-12-16(25)7-8-21(15,2)20(17)19(26)13-22(18,3)24(14,27)23(4)28-9-10-29-23/h14-18,20,25,27H,5-13H2,1-4H3/t14-,15+,16+,17-,18-,20+,21-,22-,24+/m0/s1. The van der Waals surface area contributed by atoms with E-state index in [1.54, 1.807) is 0 Å². The highest BCUT2D eigenvalue weighted by molar-refractivity contribution is 5.84. The van der Waals surface area contributed by atoms with E-state index in [4.69, 9.17) is 9.47 Å². The Morgan fingerprint density at radius 1 is 1.03 bits per heavy atom. The van der Waals surface area contributed by atoms with Crippen LogP contribution in [0, 0.1) is 40.4 Å². The van der Waals surface area contributed by atoms with Crippen molar-refractivity contribution in [2.45, 2.75) is 90.1 Å². The Bertz CT molecular complexity index is 701. The van der Waals surface area contributed by atoms with E-state index < -0.39 is 16.8 Å². The van der Waals surface area contributed by atoms with Crippen molar-refractivity contribution < 1.29 is 24.5 Å². The highest BCUT2D eigenvalue weighted by atomic mass is 16.7. The van der Waals surface area contributed by atoms with Crippen molar-refractivity contribution in [2.75, 3.05) is 13.2 Å². The van der Waals surface area contributed by atoms with E-state index in [2.05, 4.69) is 20.8 Å². The molecule has 0 unspecified atom stereocenters. The Morgan fingerprint density at radius 3 is 2.41 bits per heavy atom. The average Bonchev–Trinajstić information content (AvgIpc) is 3.19. The number of ketones is 1. The lowest BCUT2D eigenvalue weighted by atomic mass is 9.43. The number of hydrogen-bond acceptors (Lipinski definition) is 5. The summed E-state index contributed by atoms with van der Waals surface area (Å²) in [6.07, 6.45) is 5.84. The normalized spacial score (nSPS) is 56.6. The Morgan fingerprint density at radius 2 is 1.72 bits per heavy atom. The van der Waals surface area contributed by atoms with Gasteiger partial charge in [0.25, 0.3) is 0 Å². The summed E-state index contributed by atoms with van der Waals surface area (Å²) < 4.78 is 12.0. The second kappa shape index (κ2) is 6.27. The Kier molecular flexibility index (Phi) is 4.42. The number of rotatable bonds is 1. The predicted molar refractivity (Wildman–Crippen MR) is 108 cm³/mol. The van der Waals surface area contributed by atoms with Gasteiger partial charge in [0.05, 0.1) is 19.3 Å². The molecule has 4 aliphatic carbocycles. The van der Waals surface area contributed by atoms with Crippen molar-refractivity contribution in [3.63, 3.8) is 0 Å². The number of ether oxygens (including phenoxy) is 2.